The molecule has 2 rings (SSSR count). The number of amides is 1. The first-order valence-corrected chi connectivity index (χ1v) is 5.79. The summed E-state index contributed by atoms with van der Waals surface area (Å²) < 4.78 is 1.72. The summed E-state index contributed by atoms with van der Waals surface area (Å²) in [5.41, 5.74) is 8.40. The maximum absolute atomic E-state index is 11.9. The van der Waals surface area contributed by atoms with Crippen LogP contribution in [-0.4, -0.2) is 17.6 Å². The molecular formula is C13H17N3O. The summed E-state index contributed by atoms with van der Waals surface area (Å²) in [5, 5.41) is 3.68. The average Bonchev–Trinajstić information content (AvgIpc) is 2.65. The summed E-state index contributed by atoms with van der Waals surface area (Å²) in [6.07, 6.45) is 1.88. The third-order valence-corrected chi connectivity index (χ3v) is 2.82. The Labute approximate surface area is 100 Å². The lowest BCUT2D eigenvalue weighted by Gasteiger charge is -2.07. The maximum atomic E-state index is 11.9. The van der Waals surface area contributed by atoms with Crippen LogP contribution < -0.4 is 11.1 Å². The molecule has 4 heteroatoms. The van der Waals surface area contributed by atoms with E-state index in [4.69, 9.17) is 5.73 Å². The minimum absolute atomic E-state index is 0.103. The smallest absolute Gasteiger partial charge is 0.325 e. The first-order chi connectivity index (χ1) is 8.17. The number of hydrogen-bond donors (Lipinski definition) is 2. The molecular weight excluding hydrogens is 214 g/mol. The van der Waals surface area contributed by atoms with Crippen molar-refractivity contribution in [1.29, 1.82) is 0 Å². The standard InChI is InChI=1S/C13H17N3O/c1-3-4-11-8-9-7-10(14)5-6-12(9)16(11)13(17)15-2/h5-8H,3-4,14H2,1-2H3,(H,15,17). The van der Waals surface area contributed by atoms with Crippen molar-refractivity contribution in [3.63, 3.8) is 0 Å². The number of aryl methyl sites for hydroxylation is 1. The van der Waals surface area contributed by atoms with Crippen molar-refractivity contribution in [2.45, 2.75) is 19.8 Å². The van der Waals surface area contributed by atoms with Gasteiger partial charge in [0.1, 0.15) is 0 Å². The van der Waals surface area contributed by atoms with Gasteiger partial charge in [-0.25, -0.2) is 4.79 Å². The molecule has 2 aromatic rings. The van der Waals surface area contributed by atoms with Gasteiger partial charge in [-0.1, -0.05) is 13.3 Å². The number of carbonyl (C=O) groups is 1. The van der Waals surface area contributed by atoms with Gasteiger partial charge in [0.2, 0.25) is 0 Å². The lowest BCUT2D eigenvalue weighted by atomic mass is 10.2. The quantitative estimate of drug-likeness (QED) is 0.779. The highest BCUT2D eigenvalue weighted by Gasteiger charge is 2.13. The molecule has 1 aromatic heterocycles. The van der Waals surface area contributed by atoms with E-state index in [0.29, 0.717) is 0 Å². The first kappa shape index (κ1) is 11.5. The maximum Gasteiger partial charge on any atom is 0.325 e. The minimum Gasteiger partial charge on any atom is -0.399 e. The van der Waals surface area contributed by atoms with Gasteiger partial charge in [-0.05, 0) is 30.7 Å². The molecule has 0 saturated heterocycles. The van der Waals surface area contributed by atoms with Crippen LogP contribution in [0, 0.1) is 0 Å². The monoisotopic (exact) mass is 231 g/mol. The lowest BCUT2D eigenvalue weighted by molar-refractivity contribution is 0.244. The van der Waals surface area contributed by atoms with Gasteiger partial charge in [0, 0.05) is 23.8 Å². The van der Waals surface area contributed by atoms with Gasteiger partial charge in [0.15, 0.2) is 0 Å². The van der Waals surface area contributed by atoms with Gasteiger partial charge < -0.3 is 11.1 Å². The molecule has 0 radical (unpaired) electrons. The molecule has 1 amide bonds. The summed E-state index contributed by atoms with van der Waals surface area (Å²) >= 11 is 0. The Hall–Kier alpha value is -1.97. The number of rotatable bonds is 2. The van der Waals surface area contributed by atoms with Crippen LogP contribution in [0.3, 0.4) is 0 Å². The number of nitrogen functional groups attached to an aromatic ring is 1. The second-order valence-electron chi connectivity index (χ2n) is 4.09. The molecule has 0 atom stereocenters. The van der Waals surface area contributed by atoms with E-state index in [0.717, 1.165) is 35.1 Å². The molecule has 0 unspecified atom stereocenters. The Balaban J connectivity index is 2.66. The van der Waals surface area contributed by atoms with E-state index in [-0.39, 0.29) is 6.03 Å². The van der Waals surface area contributed by atoms with Crippen LogP contribution in [0.4, 0.5) is 10.5 Å². The van der Waals surface area contributed by atoms with E-state index in [1.165, 1.54) is 0 Å². The molecule has 0 saturated carbocycles. The topological polar surface area (TPSA) is 60.0 Å². The van der Waals surface area contributed by atoms with Crippen molar-refractivity contribution in [3.05, 3.63) is 30.0 Å². The molecule has 17 heavy (non-hydrogen) atoms. The van der Waals surface area contributed by atoms with E-state index in [1.807, 2.05) is 24.3 Å². The van der Waals surface area contributed by atoms with E-state index in [1.54, 1.807) is 11.6 Å². The summed E-state index contributed by atoms with van der Waals surface area (Å²) in [7, 11) is 1.64. The molecule has 0 aliphatic heterocycles. The molecule has 4 nitrogen and oxygen atoms in total. The van der Waals surface area contributed by atoms with Gasteiger partial charge in [0.25, 0.3) is 0 Å². The van der Waals surface area contributed by atoms with E-state index < -0.39 is 0 Å². The number of fused-ring (bicyclic) bond motifs is 1. The average molecular weight is 231 g/mol. The van der Waals surface area contributed by atoms with Gasteiger partial charge in [-0.15, -0.1) is 0 Å². The molecule has 0 aliphatic carbocycles. The molecule has 0 aliphatic rings. The number of nitrogens with zero attached hydrogens (tertiary/aromatic N) is 1. The summed E-state index contributed by atoms with van der Waals surface area (Å²) in [6, 6.07) is 7.53. The highest BCUT2D eigenvalue weighted by atomic mass is 16.2. The molecule has 1 aromatic carbocycles. The summed E-state index contributed by atoms with van der Waals surface area (Å²) in [4.78, 5) is 11.9. The zero-order valence-corrected chi connectivity index (χ0v) is 10.2. The van der Waals surface area contributed by atoms with Crippen molar-refractivity contribution in [2.24, 2.45) is 0 Å². The van der Waals surface area contributed by atoms with E-state index in [2.05, 4.69) is 12.2 Å². The zero-order chi connectivity index (χ0) is 12.4. The number of aromatic nitrogens is 1. The molecule has 1 heterocycles. The second-order valence-corrected chi connectivity index (χ2v) is 4.09. The molecule has 0 bridgehead atoms. The highest BCUT2D eigenvalue weighted by molar-refractivity contribution is 5.94. The Morgan fingerprint density at radius 2 is 2.18 bits per heavy atom. The lowest BCUT2D eigenvalue weighted by Crippen LogP contribution is -2.25. The van der Waals surface area contributed by atoms with Crippen molar-refractivity contribution in [2.75, 3.05) is 12.8 Å². The number of nitrogens with one attached hydrogen (secondary N) is 1. The number of carbonyl (C=O) groups excluding carboxylic acids is 1. The second kappa shape index (κ2) is 4.49. The van der Waals surface area contributed by atoms with Crippen LogP contribution >= 0.6 is 0 Å². The van der Waals surface area contributed by atoms with Crippen LogP contribution in [0.5, 0.6) is 0 Å². The predicted molar refractivity (Wildman–Crippen MR) is 70.2 cm³/mol. The normalized spacial score (nSPS) is 10.7. The molecule has 90 valence electrons. The fourth-order valence-corrected chi connectivity index (χ4v) is 2.08. The van der Waals surface area contributed by atoms with Gasteiger partial charge >= 0.3 is 6.03 Å². The third-order valence-electron chi connectivity index (χ3n) is 2.82. The van der Waals surface area contributed by atoms with E-state index >= 15 is 0 Å². The SMILES string of the molecule is CCCc1cc2cc(N)ccc2n1C(=O)NC. The molecule has 0 fully saturated rings. The van der Waals surface area contributed by atoms with Crippen molar-refractivity contribution in [3.8, 4) is 0 Å². The number of benzene rings is 1. The number of nitrogens with two attached hydrogens (primary N) is 1. The van der Waals surface area contributed by atoms with Crippen LogP contribution in [0.2, 0.25) is 0 Å². The minimum atomic E-state index is -0.103. The fourth-order valence-electron chi connectivity index (χ4n) is 2.08. The highest BCUT2D eigenvalue weighted by Crippen LogP contribution is 2.23. The van der Waals surface area contributed by atoms with Gasteiger partial charge in [-0.3, -0.25) is 4.57 Å². The Bertz CT molecular complexity index is 557. The number of anilines is 1. The Kier molecular flexibility index (Phi) is 3.04. The van der Waals surface area contributed by atoms with Crippen LogP contribution in [0.25, 0.3) is 10.9 Å². The Morgan fingerprint density at radius 1 is 1.41 bits per heavy atom. The number of hydrogen-bond acceptors (Lipinski definition) is 2. The first-order valence-electron chi connectivity index (χ1n) is 5.79. The van der Waals surface area contributed by atoms with Crippen LogP contribution in [-0.2, 0) is 6.42 Å². The van der Waals surface area contributed by atoms with Crippen LogP contribution in [0.15, 0.2) is 24.3 Å². The predicted octanol–water partition coefficient (Wildman–Crippen LogP) is 2.36. The van der Waals surface area contributed by atoms with Crippen molar-refractivity contribution < 1.29 is 4.79 Å². The summed E-state index contributed by atoms with van der Waals surface area (Å²) in [5.74, 6) is 0. The van der Waals surface area contributed by atoms with Crippen molar-refractivity contribution >= 4 is 22.6 Å². The fraction of sp³-hybridized carbons (Fsp3) is 0.308. The molecule has 3 N–H and O–H groups in total. The van der Waals surface area contributed by atoms with Crippen molar-refractivity contribution in [1.82, 2.24) is 9.88 Å². The van der Waals surface area contributed by atoms with E-state index in [9.17, 15) is 4.79 Å². The summed E-state index contributed by atoms with van der Waals surface area (Å²) in [6.45, 7) is 2.10. The Morgan fingerprint density at radius 3 is 2.82 bits per heavy atom. The largest absolute Gasteiger partial charge is 0.399 e. The van der Waals surface area contributed by atoms with Gasteiger partial charge in [-0.2, -0.15) is 0 Å². The van der Waals surface area contributed by atoms with Crippen LogP contribution in [0.1, 0.15) is 19.0 Å². The zero-order valence-electron chi connectivity index (χ0n) is 10.2. The van der Waals surface area contributed by atoms with Gasteiger partial charge in [0.05, 0.1) is 5.52 Å². The third kappa shape index (κ3) is 1.98. The molecule has 0 spiro atoms.